The number of fused-ring (bicyclic) bond motifs is 1. The number of benzene rings is 2. The van der Waals surface area contributed by atoms with E-state index in [0.29, 0.717) is 5.57 Å². The monoisotopic (exact) mass is 238 g/mol. The summed E-state index contributed by atoms with van der Waals surface area (Å²) in [5, 5.41) is 11.2. The molecule has 0 spiro atoms. The van der Waals surface area contributed by atoms with Crippen molar-refractivity contribution in [3.63, 3.8) is 0 Å². The molecule has 17 heavy (non-hydrogen) atoms. The Morgan fingerprint density at radius 2 is 1.88 bits per heavy atom. The summed E-state index contributed by atoms with van der Waals surface area (Å²) in [6, 6.07) is 15.9. The molecule has 2 aromatic rings. The van der Waals surface area contributed by atoms with Crippen LogP contribution in [-0.2, 0) is 0 Å². The lowest BCUT2D eigenvalue weighted by atomic mass is 10.0. The molecule has 82 valence electrons. The van der Waals surface area contributed by atoms with Crippen LogP contribution in [0.1, 0.15) is 5.56 Å². The SMILES string of the molecule is N#C/C(=C/c1cccc2ccccc12)C(N)=S. The van der Waals surface area contributed by atoms with Crippen molar-refractivity contribution in [1.82, 2.24) is 0 Å². The van der Waals surface area contributed by atoms with Gasteiger partial charge in [-0.05, 0) is 22.4 Å². The molecule has 0 saturated carbocycles. The molecule has 0 heterocycles. The number of nitriles is 1. The highest BCUT2D eigenvalue weighted by molar-refractivity contribution is 7.80. The zero-order valence-corrected chi connectivity index (χ0v) is 9.87. The van der Waals surface area contributed by atoms with Gasteiger partial charge in [-0.3, -0.25) is 0 Å². The van der Waals surface area contributed by atoms with Crippen LogP contribution in [0.4, 0.5) is 0 Å². The van der Waals surface area contributed by atoms with Gasteiger partial charge in [0.1, 0.15) is 11.1 Å². The van der Waals surface area contributed by atoms with E-state index in [2.05, 4.69) is 0 Å². The second-order valence-corrected chi connectivity index (χ2v) is 4.04. The van der Waals surface area contributed by atoms with Crippen molar-refractivity contribution in [3.8, 4) is 6.07 Å². The molecule has 0 aliphatic rings. The first-order chi connectivity index (χ1) is 8.22. The summed E-state index contributed by atoms with van der Waals surface area (Å²) in [6.45, 7) is 0. The molecule has 0 radical (unpaired) electrons. The summed E-state index contributed by atoms with van der Waals surface area (Å²) in [6.07, 6.45) is 1.73. The summed E-state index contributed by atoms with van der Waals surface area (Å²) in [5.74, 6) is 0. The van der Waals surface area contributed by atoms with Crippen LogP contribution in [0, 0.1) is 11.3 Å². The van der Waals surface area contributed by atoms with Crippen molar-refractivity contribution >= 4 is 34.1 Å². The van der Waals surface area contributed by atoms with Crippen LogP contribution in [0.25, 0.3) is 16.8 Å². The Morgan fingerprint density at radius 1 is 1.18 bits per heavy atom. The van der Waals surface area contributed by atoms with Crippen molar-refractivity contribution in [2.24, 2.45) is 5.73 Å². The van der Waals surface area contributed by atoms with E-state index in [-0.39, 0.29) is 4.99 Å². The predicted molar refractivity (Wildman–Crippen MR) is 74.3 cm³/mol. The van der Waals surface area contributed by atoms with Gasteiger partial charge in [0, 0.05) is 0 Å². The number of thiocarbonyl (C=S) groups is 1. The largest absolute Gasteiger partial charge is 0.389 e. The van der Waals surface area contributed by atoms with E-state index in [1.54, 1.807) is 6.08 Å². The molecule has 0 aromatic heterocycles. The first-order valence-corrected chi connectivity index (χ1v) is 5.52. The zero-order chi connectivity index (χ0) is 12.3. The topological polar surface area (TPSA) is 49.8 Å². The van der Waals surface area contributed by atoms with Crippen molar-refractivity contribution < 1.29 is 0 Å². The Bertz CT molecular complexity index is 645. The third-order valence-electron chi connectivity index (χ3n) is 2.51. The molecule has 2 N–H and O–H groups in total. The third kappa shape index (κ3) is 2.32. The van der Waals surface area contributed by atoms with Gasteiger partial charge >= 0.3 is 0 Å². The molecular formula is C14H10N2S. The van der Waals surface area contributed by atoms with Crippen LogP contribution < -0.4 is 5.73 Å². The van der Waals surface area contributed by atoms with Gasteiger partial charge in [0.15, 0.2) is 0 Å². The number of hydrogen-bond acceptors (Lipinski definition) is 2. The zero-order valence-electron chi connectivity index (χ0n) is 9.05. The number of rotatable bonds is 2. The maximum atomic E-state index is 8.94. The predicted octanol–water partition coefficient (Wildman–Crippen LogP) is 3.03. The summed E-state index contributed by atoms with van der Waals surface area (Å²) >= 11 is 4.82. The van der Waals surface area contributed by atoms with Gasteiger partial charge in [-0.25, -0.2) is 0 Å². The molecule has 0 amide bonds. The molecule has 0 unspecified atom stereocenters. The Labute approximate surface area is 105 Å². The van der Waals surface area contributed by atoms with E-state index in [4.69, 9.17) is 23.2 Å². The molecule has 0 saturated heterocycles. The minimum Gasteiger partial charge on any atom is -0.389 e. The van der Waals surface area contributed by atoms with Crippen molar-refractivity contribution in [2.45, 2.75) is 0 Å². The average Bonchev–Trinajstić information content (AvgIpc) is 2.35. The summed E-state index contributed by atoms with van der Waals surface area (Å²) in [4.78, 5) is 0.125. The van der Waals surface area contributed by atoms with Gasteiger partial charge in [-0.1, -0.05) is 54.7 Å². The lowest BCUT2D eigenvalue weighted by molar-refractivity contribution is 1.51. The van der Waals surface area contributed by atoms with Crippen LogP contribution >= 0.6 is 12.2 Å². The highest BCUT2D eigenvalue weighted by Crippen LogP contribution is 2.20. The van der Waals surface area contributed by atoms with Crippen LogP contribution in [0.5, 0.6) is 0 Å². The van der Waals surface area contributed by atoms with E-state index in [1.165, 1.54) is 0 Å². The highest BCUT2D eigenvalue weighted by atomic mass is 32.1. The van der Waals surface area contributed by atoms with Gasteiger partial charge in [0.25, 0.3) is 0 Å². The van der Waals surface area contributed by atoms with Crippen LogP contribution in [0.2, 0.25) is 0 Å². The normalized spacial score (nSPS) is 11.1. The first-order valence-electron chi connectivity index (χ1n) is 5.12. The molecule has 2 aromatic carbocycles. The summed E-state index contributed by atoms with van der Waals surface area (Å²) < 4.78 is 0. The van der Waals surface area contributed by atoms with Gasteiger partial charge in [-0.15, -0.1) is 0 Å². The maximum absolute atomic E-state index is 8.94. The highest BCUT2D eigenvalue weighted by Gasteiger charge is 2.02. The fourth-order valence-corrected chi connectivity index (χ4v) is 1.79. The third-order valence-corrected chi connectivity index (χ3v) is 2.73. The van der Waals surface area contributed by atoms with Gasteiger partial charge < -0.3 is 5.73 Å². The minimum atomic E-state index is 0.125. The van der Waals surface area contributed by atoms with E-state index in [9.17, 15) is 0 Å². The van der Waals surface area contributed by atoms with Gasteiger partial charge in [-0.2, -0.15) is 5.26 Å². The Kier molecular flexibility index (Phi) is 3.17. The molecule has 0 fully saturated rings. The van der Waals surface area contributed by atoms with Gasteiger partial charge in [0.2, 0.25) is 0 Å². The van der Waals surface area contributed by atoms with E-state index in [1.807, 2.05) is 48.5 Å². The standard InChI is InChI=1S/C14H10N2S/c15-9-12(14(16)17)8-11-6-3-5-10-4-1-2-7-13(10)11/h1-8H,(H2,16,17)/b12-8-. The Balaban J connectivity index is 2.65. The Hall–Kier alpha value is -2.18. The lowest BCUT2D eigenvalue weighted by Gasteiger charge is -2.02. The van der Waals surface area contributed by atoms with Crippen molar-refractivity contribution in [3.05, 3.63) is 53.6 Å². The fourth-order valence-electron chi connectivity index (χ4n) is 1.69. The van der Waals surface area contributed by atoms with Crippen LogP contribution in [0.3, 0.4) is 0 Å². The number of hydrogen-bond donors (Lipinski definition) is 1. The van der Waals surface area contributed by atoms with E-state index in [0.717, 1.165) is 16.3 Å². The molecule has 0 atom stereocenters. The Morgan fingerprint density at radius 3 is 2.59 bits per heavy atom. The molecule has 0 bridgehead atoms. The summed E-state index contributed by atoms with van der Waals surface area (Å²) in [7, 11) is 0. The second-order valence-electron chi connectivity index (χ2n) is 3.60. The summed E-state index contributed by atoms with van der Waals surface area (Å²) in [5.41, 5.74) is 6.76. The van der Waals surface area contributed by atoms with Crippen molar-refractivity contribution in [1.29, 1.82) is 5.26 Å². The fraction of sp³-hybridized carbons (Fsp3) is 0. The van der Waals surface area contributed by atoms with E-state index >= 15 is 0 Å². The smallest absolute Gasteiger partial charge is 0.114 e. The average molecular weight is 238 g/mol. The van der Waals surface area contributed by atoms with Crippen LogP contribution in [-0.4, -0.2) is 4.99 Å². The molecule has 0 aliphatic carbocycles. The van der Waals surface area contributed by atoms with Gasteiger partial charge in [0.05, 0.1) is 5.57 Å². The van der Waals surface area contributed by atoms with Crippen LogP contribution in [0.15, 0.2) is 48.0 Å². The quantitative estimate of drug-likeness (QED) is 0.497. The molecule has 2 rings (SSSR count). The molecule has 0 aliphatic heterocycles. The number of nitrogens with zero attached hydrogens (tertiary/aromatic N) is 1. The minimum absolute atomic E-state index is 0.125. The molecule has 2 nitrogen and oxygen atoms in total. The molecular weight excluding hydrogens is 228 g/mol. The molecule has 3 heteroatoms. The van der Waals surface area contributed by atoms with E-state index < -0.39 is 0 Å². The maximum Gasteiger partial charge on any atom is 0.114 e. The van der Waals surface area contributed by atoms with Crippen molar-refractivity contribution in [2.75, 3.05) is 0 Å². The first kappa shape index (κ1) is 11.3. The second kappa shape index (κ2) is 4.77. The number of nitrogens with two attached hydrogens (primary N) is 1. The lowest BCUT2D eigenvalue weighted by Crippen LogP contribution is -2.09.